The van der Waals surface area contributed by atoms with E-state index in [1.807, 2.05) is 0 Å². The maximum absolute atomic E-state index is 12.5. The highest BCUT2D eigenvalue weighted by Crippen LogP contribution is 2.42. The van der Waals surface area contributed by atoms with Crippen molar-refractivity contribution >= 4 is 5.97 Å². The molecular formula is C22H26O11. The standard InChI is InChI=1S/C22H26O11/c23-8-11-7-14(31-20(29)10-1-3-12(25)4-2-10)13-5-6-30-21(16(11)13)33-22-19(28)18(27)17(26)15(9-24)32-22/h1-7,13-19,21-28H,8-9H2/t13-,14-,15-,16+,17-,18+,19-,21+,22+/m0/s1. The molecule has 2 heterocycles. The Morgan fingerprint density at radius 2 is 1.73 bits per heavy atom. The normalized spacial score (nSPS) is 37.7. The summed E-state index contributed by atoms with van der Waals surface area (Å²) < 4.78 is 22.3. The van der Waals surface area contributed by atoms with Gasteiger partial charge in [0.25, 0.3) is 0 Å². The Hall–Kier alpha value is -2.51. The van der Waals surface area contributed by atoms with Gasteiger partial charge in [-0.1, -0.05) is 0 Å². The van der Waals surface area contributed by atoms with Crippen LogP contribution in [-0.4, -0.2) is 92.9 Å². The second-order valence-corrected chi connectivity index (χ2v) is 8.09. The number of phenolic OH excluding ortho intramolecular Hbond substituents is 1. The minimum absolute atomic E-state index is 0.00971. The first-order valence-corrected chi connectivity index (χ1v) is 10.4. The smallest absolute Gasteiger partial charge is 0.338 e. The molecular weight excluding hydrogens is 440 g/mol. The van der Waals surface area contributed by atoms with Crippen LogP contribution in [0.2, 0.25) is 0 Å². The zero-order valence-corrected chi connectivity index (χ0v) is 17.4. The van der Waals surface area contributed by atoms with Gasteiger partial charge in [-0.2, -0.15) is 0 Å². The van der Waals surface area contributed by atoms with Crippen molar-refractivity contribution in [3.05, 3.63) is 53.8 Å². The number of hydrogen-bond donors (Lipinski definition) is 6. The number of esters is 1. The molecule has 1 saturated heterocycles. The fourth-order valence-corrected chi connectivity index (χ4v) is 4.26. The van der Waals surface area contributed by atoms with Crippen LogP contribution in [0.4, 0.5) is 0 Å². The van der Waals surface area contributed by atoms with Gasteiger partial charge >= 0.3 is 5.97 Å². The fourth-order valence-electron chi connectivity index (χ4n) is 4.26. The number of aliphatic hydroxyl groups excluding tert-OH is 5. The molecule has 6 N–H and O–H groups in total. The third kappa shape index (κ3) is 4.62. The molecule has 1 aromatic carbocycles. The van der Waals surface area contributed by atoms with Crippen molar-refractivity contribution in [2.45, 2.75) is 43.1 Å². The predicted octanol–water partition coefficient (Wildman–Crippen LogP) is -1.23. The topological polar surface area (TPSA) is 175 Å². The molecule has 0 aromatic heterocycles. The minimum Gasteiger partial charge on any atom is -0.508 e. The molecule has 0 amide bonds. The Labute approximate surface area is 188 Å². The molecule has 1 aromatic rings. The lowest BCUT2D eigenvalue weighted by Gasteiger charge is -2.42. The van der Waals surface area contributed by atoms with E-state index < -0.39 is 67.5 Å². The summed E-state index contributed by atoms with van der Waals surface area (Å²) in [5.41, 5.74) is 0.711. The molecule has 180 valence electrons. The molecule has 3 aliphatic rings. The van der Waals surface area contributed by atoms with Crippen LogP contribution in [0, 0.1) is 11.8 Å². The molecule has 33 heavy (non-hydrogen) atoms. The lowest BCUT2D eigenvalue weighted by molar-refractivity contribution is -0.339. The van der Waals surface area contributed by atoms with Gasteiger partial charge in [0.05, 0.1) is 31.0 Å². The predicted molar refractivity (Wildman–Crippen MR) is 108 cm³/mol. The van der Waals surface area contributed by atoms with Crippen LogP contribution < -0.4 is 0 Å². The Morgan fingerprint density at radius 1 is 1.00 bits per heavy atom. The first-order chi connectivity index (χ1) is 15.8. The summed E-state index contributed by atoms with van der Waals surface area (Å²) in [6.07, 6.45) is -4.61. The average Bonchev–Trinajstić information content (AvgIpc) is 3.18. The molecule has 1 aliphatic carbocycles. The highest BCUT2D eigenvalue weighted by atomic mass is 16.8. The van der Waals surface area contributed by atoms with Crippen LogP contribution >= 0.6 is 0 Å². The summed E-state index contributed by atoms with van der Waals surface area (Å²) in [6, 6.07) is 5.57. The van der Waals surface area contributed by atoms with E-state index in [-0.39, 0.29) is 17.9 Å². The van der Waals surface area contributed by atoms with Gasteiger partial charge < -0.3 is 49.6 Å². The number of aliphatic hydroxyl groups is 5. The third-order valence-corrected chi connectivity index (χ3v) is 6.05. The number of fused-ring (bicyclic) bond motifs is 1. The van der Waals surface area contributed by atoms with Crippen LogP contribution in [0.3, 0.4) is 0 Å². The zero-order valence-electron chi connectivity index (χ0n) is 17.4. The van der Waals surface area contributed by atoms with Crippen molar-refractivity contribution < 1.29 is 54.4 Å². The van der Waals surface area contributed by atoms with E-state index in [1.54, 1.807) is 12.2 Å². The van der Waals surface area contributed by atoms with Gasteiger partial charge in [-0.05, 0) is 42.0 Å². The first kappa shape index (κ1) is 23.6. The maximum Gasteiger partial charge on any atom is 0.338 e. The van der Waals surface area contributed by atoms with Gasteiger partial charge in [0, 0.05) is 5.92 Å². The van der Waals surface area contributed by atoms with E-state index in [1.165, 1.54) is 30.5 Å². The largest absolute Gasteiger partial charge is 0.508 e. The lowest BCUT2D eigenvalue weighted by atomic mass is 9.88. The third-order valence-electron chi connectivity index (χ3n) is 6.05. The molecule has 0 spiro atoms. The quantitative estimate of drug-likeness (QED) is 0.219. The Bertz CT molecular complexity index is 896. The van der Waals surface area contributed by atoms with Crippen LogP contribution in [0.15, 0.2) is 48.3 Å². The molecule has 0 radical (unpaired) electrons. The Morgan fingerprint density at radius 3 is 2.39 bits per heavy atom. The molecule has 1 fully saturated rings. The van der Waals surface area contributed by atoms with E-state index >= 15 is 0 Å². The van der Waals surface area contributed by atoms with Crippen molar-refractivity contribution in [2.24, 2.45) is 11.8 Å². The number of ether oxygens (including phenoxy) is 4. The van der Waals surface area contributed by atoms with Crippen molar-refractivity contribution in [1.29, 1.82) is 0 Å². The fraction of sp³-hybridized carbons (Fsp3) is 0.500. The summed E-state index contributed by atoms with van der Waals surface area (Å²) in [5, 5.41) is 58.8. The molecule has 11 nitrogen and oxygen atoms in total. The summed E-state index contributed by atoms with van der Waals surface area (Å²) in [4.78, 5) is 12.5. The second-order valence-electron chi connectivity index (χ2n) is 8.09. The van der Waals surface area contributed by atoms with Crippen molar-refractivity contribution in [2.75, 3.05) is 13.2 Å². The van der Waals surface area contributed by atoms with Crippen LogP contribution in [-0.2, 0) is 18.9 Å². The number of aromatic hydroxyl groups is 1. The number of carbonyl (C=O) groups excluding carboxylic acids is 1. The van der Waals surface area contributed by atoms with E-state index in [4.69, 9.17) is 18.9 Å². The van der Waals surface area contributed by atoms with E-state index in [2.05, 4.69) is 0 Å². The number of rotatable bonds is 6. The molecule has 2 aliphatic heterocycles. The van der Waals surface area contributed by atoms with Gasteiger partial charge in [-0.25, -0.2) is 4.79 Å². The lowest BCUT2D eigenvalue weighted by Crippen LogP contribution is -2.60. The number of benzene rings is 1. The minimum atomic E-state index is -1.62. The Balaban J connectivity index is 1.49. The summed E-state index contributed by atoms with van der Waals surface area (Å²) in [5.74, 6) is -1.68. The van der Waals surface area contributed by atoms with Gasteiger partial charge in [-0.3, -0.25) is 0 Å². The van der Waals surface area contributed by atoms with Crippen LogP contribution in [0.1, 0.15) is 10.4 Å². The van der Waals surface area contributed by atoms with E-state index in [9.17, 15) is 35.4 Å². The molecule has 4 rings (SSSR count). The summed E-state index contributed by atoms with van der Waals surface area (Å²) >= 11 is 0. The molecule has 11 heteroatoms. The summed E-state index contributed by atoms with van der Waals surface area (Å²) in [7, 11) is 0. The molecule has 0 unspecified atom stereocenters. The van der Waals surface area contributed by atoms with Crippen molar-refractivity contribution in [3.8, 4) is 5.75 Å². The van der Waals surface area contributed by atoms with E-state index in [0.29, 0.717) is 5.57 Å². The van der Waals surface area contributed by atoms with Crippen molar-refractivity contribution in [3.63, 3.8) is 0 Å². The monoisotopic (exact) mass is 466 g/mol. The average molecular weight is 466 g/mol. The van der Waals surface area contributed by atoms with Crippen LogP contribution in [0.5, 0.6) is 5.75 Å². The molecule has 0 bridgehead atoms. The Kier molecular flexibility index (Phi) is 7.00. The van der Waals surface area contributed by atoms with Gasteiger partial charge in [0.1, 0.15) is 36.3 Å². The van der Waals surface area contributed by atoms with Crippen LogP contribution in [0.25, 0.3) is 0 Å². The molecule has 9 atom stereocenters. The van der Waals surface area contributed by atoms with E-state index in [0.717, 1.165) is 0 Å². The maximum atomic E-state index is 12.5. The van der Waals surface area contributed by atoms with Crippen molar-refractivity contribution in [1.82, 2.24) is 0 Å². The number of hydrogen-bond acceptors (Lipinski definition) is 11. The van der Waals surface area contributed by atoms with Gasteiger partial charge in [-0.15, -0.1) is 0 Å². The summed E-state index contributed by atoms with van der Waals surface area (Å²) in [6.45, 7) is -0.987. The zero-order chi connectivity index (χ0) is 23.7. The number of carbonyl (C=O) groups is 1. The SMILES string of the molecule is O=C(O[C@H]1C=C(CO)[C@H]2[C@@H](O[C@H]3O[C@@H](CO)[C@H](O)[C@@H](O)[C@@H]3O)OC=C[C@H]21)c1ccc(O)cc1. The molecule has 0 saturated carbocycles. The second kappa shape index (κ2) is 9.77. The highest BCUT2D eigenvalue weighted by molar-refractivity contribution is 5.89. The number of phenols is 1. The van der Waals surface area contributed by atoms with Gasteiger partial charge in [0.15, 0.2) is 6.29 Å². The van der Waals surface area contributed by atoms with Gasteiger partial charge in [0.2, 0.25) is 6.29 Å². The highest BCUT2D eigenvalue weighted by Gasteiger charge is 2.50. The first-order valence-electron chi connectivity index (χ1n) is 10.4.